The maximum Gasteiger partial charge on any atom is 0.241 e. The lowest BCUT2D eigenvalue weighted by Crippen LogP contribution is -2.39. The normalized spacial score (nSPS) is 16.6. The smallest absolute Gasteiger partial charge is 0.241 e. The third-order valence-corrected chi connectivity index (χ3v) is 2.70. The molecule has 4 nitrogen and oxygen atoms in total. The van der Waals surface area contributed by atoms with Crippen LogP contribution in [0, 0.1) is 5.82 Å². The van der Waals surface area contributed by atoms with Crippen LogP contribution in [0.15, 0.2) is 24.3 Å². The van der Waals surface area contributed by atoms with Crippen molar-refractivity contribution in [3.8, 4) is 0 Å². The van der Waals surface area contributed by atoms with Gasteiger partial charge in [-0.05, 0) is 17.7 Å². The number of Topliss-reactive ketones (excluding diaryl/α,β-unsaturated/α-hetero) is 1. The van der Waals surface area contributed by atoms with Crippen LogP contribution < -0.4 is 0 Å². The Morgan fingerprint density at radius 3 is 2.47 bits per heavy atom. The fraction of sp³-hybridized carbons (Fsp3) is 0.333. The molecule has 1 aliphatic heterocycles. The zero-order valence-electron chi connectivity index (χ0n) is 9.52. The highest BCUT2D eigenvalue weighted by Crippen LogP contribution is 2.10. The third kappa shape index (κ3) is 2.68. The Kier molecular flexibility index (Phi) is 3.19. The summed E-state index contributed by atoms with van der Waals surface area (Å²) in [5.41, 5.74) is 0.740. The van der Waals surface area contributed by atoms with Gasteiger partial charge in [0.05, 0.1) is 19.5 Å². The van der Waals surface area contributed by atoms with Crippen molar-refractivity contribution in [2.45, 2.75) is 6.42 Å². The zero-order chi connectivity index (χ0) is 12.4. The summed E-state index contributed by atoms with van der Waals surface area (Å²) in [6, 6.07) is 5.79. The summed E-state index contributed by atoms with van der Waals surface area (Å²) in [6.45, 7) is 0.408. The number of nitrogens with zero attached hydrogens (tertiary/aromatic N) is 2. The van der Waals surface area contributed by atoms with E-state index in [9.17, 15) is 14.0 Å². The predicted octanol–water partition coefficient (Wildman–Crippen LogP) is 0.626. The lowest BCUT2D eigenvalue weighted by atomic mass is 10.1. The molecule has 0 bridgehead atoms. The van der Waals surface area contributed by atoms with Crippen molar-refractivity contribution >= 4 is 11.7 Å². The molecule has 1 aliphatic rings. The van der Waals surface area contributed by atoms with Crippen molar-refractivity contribution in [2.75, 3.05) is 20.1 Å². The molecule has 0 unspecified atom stereocenters. The van der Waals surface area contributed by atoms with E-state index in [4.69, 9.17) is 0 Å². The minimum absolute atomic E-state index is 0.0277. The summed E-state index contributed by atoms with van der Waals surface area (Å²) < 4.78 is 12.7. The van der Waals surface area contributed by atoms with Gasteiger partial charge < -0.3 is 0 Å². The molecule has 0 radical (unpaired) electrons. The summed E-state index contributed by atoms with van der Waals surface area (Å²) in [4.78, 5) is 23.1. The van der Waals surface area contributed by atoms with Crippen LogP contribution in [0.4, 0.5) is 4.39 Å². The molecule has 1 amide bonds. The predicted molar refractivity (Wildman–Crippen MR) is 59.5 cm³/mol. The molecule has 0 aromatic heterocycles. The van der Waals surface area contributed by atoms with E-state index in [1.165, 1.54) is 17.1 Å². The minimum atomic E-state index is -0.324. The van der Waals surface area contributed by atoms with Crippen molar-refractivity contribution in [1.29, 1.82) is 0 Å². The standard InChI is InChI=1S/C12H13FN2O2/c1-14-7-11(16)8-15(14)12(17)6-9-2-4-10(13)5-3-9/h2-5H,6-8H2,1H3. The Bertz CT molecular complexity index is 444. The van der Waals surface area contributed by atoms with Gasteiger partial charge in [0.15, 0.2) is 5.78 Å². The number of benzene rings is 1. The second kappa shape index (κ2) is 4.63. The SMILES string of the molecule is CN1CC(=O)CN1C(=O)Cc1ccc(F)cc1. The fourth-order valence-corrected chi connectivity index (χ4v) is 1.83. The molecule has 0 N–H and O–H groups in total. The van der Waals surface area contributed by atoms with Gasteiger partial charge in [-0.25, -0.2) is 9.40 Å². The Balaban J connectivity index is 2.02. The van der Waals surface area contributed by atoms with Gasteiger partial charge in [-0.3, -0.25) is 14.6 Å². The number of hydrogen-bond acceptors (Lipinski definition) is 3. The molecule has 0 saturated carbocycles. The topological polar surface area (TPSA) is 40.6 Å². The second-order valence-electron chi connectivity index (χ2n) is 4.11. The van der Waals surface area contributed by atoms with Crippen LogP contribution in [0.25, 0.3) is 0 Å². The largest absolute Gasteiger partial charge is 0.296 e. The number of hydrogen-bond donors (Lipinski definition) is 0. The molecule has 17 heavy (non-hydrogen) atoms. The number of amides is 1. The number of carbonyl (C=O) groups excluding carboxylic acids is 2. The summed E-state index contributed by atoms with van der Waals surface area (Å²) in [5.74, 6) is -0.445. The molecule has 1 saturated heterocycles. The molecule has 2 rings (SSSR count). The molecule has 5 heteroatoms. The third-order valence-electron chi connectivity index (χ3n) is 2.70. The van der Waals surface area contributed by atoms with Crippen LogP contribution in [0.5, 0.6) is 0 Å². The van der Waals surface area contributed by atoms with Crippen LogP contribution in [0.1, 0.15) is 5.56 Å². The van der Waals surface area contributed by atoms with Gasteiger partial charge in [0, 0.05) is 7.05 Å². The van der Waals surface area contributed by atoms with Crippen LogP contribution in [0.3, 0.4) is 0 Å². The molecule has 0 atom stereocenters. The lowest BCUT2D eigenvalue weighted by Gasteiger charge is -2.22. The second-order valence-corrected chi connectivity index (χ2v) is 4.11. The minimum Gasteiger partial charge on any atom is -0.296 e. The van der Waals surface area contributed by atoms with E-state index in [-0.39, 0.29) is 37.0 Å². The van der Waals surface area contributed by atoms with Gasteiger partial charge in [0.1, 0.15) is 5.82 Å². The van der Waals surface area contributed by atoms with E-state index in [1.807, 2.05) is 0 Å². The molecular formula is C12H13FN2O2. The molecule has 1 aromatic carbocycles. The van der Waals surface area contributed by atoms with Gasteiger partial charge in [0.25, 0.3) is 0 Å². The van der Waals surface area contributed by atoms with E-state index in [0.717, 1.165) is 5.56 Å². The quantitative estimate of drug-likeness (QED) is 0.756. The molecule has 90 valence electrons. The number of likely N-dealkylation sites (N-methyl/N-ethyl adjacent to an activating group) is 1. The highest BCUT2D eigenvalue weighted by molar-refractivity contribution is 5.90. The molecular weight excluding hydrogens is 223 g/mol. The van der Waals surface area contributed by atoms with Gasteiger partial charge in [-0.2, -0.15) is 0 Å². The van der Waals surface area contributed by atoms with Gasteiger partial charge >= 0.3 is 0 Å². The zero-order valence-corrected chi connectivity index (χ0v) is 9.52. The number of ketones is 1. The Morgan fingerprint density at radius 1 is 1.29 bits per heavy atom. The maximum atomic E-state index is 12.7. The Labute approximate surface area is 98.6 Å². The van der Waals surface area contributed by atoms with Crippen LogP contribution in [0.2, 0.25) is 0 Å². The Morgan fingerprint density at radius 2 is 1.94 bits per heavy atom. The first-order valence-corrected chi connectivity index (χ1v) is 5.34. The van der Waals surface area contributed by atoms with Crippen molar-refractivity contribution in [1.82, 2.24) is 10.0 Å². The summed E-state index contributed by atoms with van der Waals surface area (Å²) in [6.07, 6.45) is 0.178. The Hall–Kier alpha value is -1.75. The average molecular weight is 236 g/mol. The first-order valence-electron chi connectivity index (χ1n) is 5.34. The summed E-state index contributed by atoms with van der Waals surface area (Å²) >= 11 is 0. The van der Waals surface area contributed by atoms with Crippen molar-refractivity contribution < 1.29 is 14.0 Å². The van der Waals surface area contributed by atoms with Gasteiger partial charge in [-0.1, -0.05) is 12.1 Å². The van der Waals surface area contributed by atoms with Crippen LogP contribution in [-0.4, -0.2) is 41.8 Å². The maximum absolute atomic E-state index is 12.7. The van der Waals surface area contributed by atoms with Gasteiger partial charge in [0.2, 0.25) is 5.91 Å². The average Bonchev–Trinajstić information content (AvgIpc) is 2.61. The number of carbonyl (C=O) groups is 2. The van der Waals surface area contributed by atoms with E-state index in [2.05, 4.69) is 0 Å². The lowest BCUT2D eigenvalue weighted by molar-refractivity contribution is -0.141. The first kappa shape index (κ1) is 11.7. The summed E-state index contributed by atoms with van der Waals surface area (Å²) in [7, 11) is 1.70. The summed E-state index contributed by atoms with van der Waals surface area (Å²) in [5, 5.41) is 3.03. The van der Waals surface area contributed by atoms with E-state index in [0.29, 0.717) is 0 Å². The monoisotopic (exact) mass is 236 g/mol. The van der Waals surface area contributed by atoms with Crippen molar-refractivity contribution in [3.63, 3.8) is 0 Å². The van der Waals surface area contributed by atoms with Crippen molar-refractivity contribution in [2.24, 2.45) is 0 Å². The number of halogens is 1. The molecule has 1 aromatic rings. The molecule has 0 aliphatic carbocycles. The number of rotatable bonds is 2. The van der Waals surface area contributed by atoms with E-state index >= 15 is 0 Å². The van der Waals surface area contributed by atoms with Crippen LogP contribution >= 0.6 is 0 Å². The van der Waals surface area contributed by atoms with Crippen molar-refractivity contribution in [3.05, 3.63) is 35.6 Å². The van der Waals surface area contributed by atoms with Gasteiger partial charge in [-0.15, -0.1) is 0 Å². The highest BCUT2D eigenvalue weighted by Gasteiger charge is 2.28. The number of hydrazine groups is 1. The fourth-order valence-electron chi connectivity index (χ4n) is 1.83. The van der Waals surface area contributed by atoms with Crippen LogP contribution in [-0.2, 0) is 16.0 Å². The molecule has 1 fully saturated rings. The molecule has 0 spiro atoms. The first-order chi connectivity index (χ1) is 8.06. The van der Waals surface area contributed by atoms with E-state index in [1.54, 1.807) is 24.2 Å². The molecule has 1 heterocycles. The van der Waals surface area contributed by atoms with E-state index < -0.39 is 0 Å². The highest BCUT2D eigenvalue weighted by atomic mass is 19.1.